The molecule has 0 saturated carbocycles. The predicted octanol–water partition coefficient (Wildman–Crippen LogP) is 7.44. The summed E-state index contributed by atoms with van der Waals surface area (Å²) < 4.78 is 17.8. The van der Waals surface area contributed by atoms with Crippen LogP contribution in [0.1, 0.15) is 41.2 Å². The van der Waals surface area contributed by atoms with Crippen molar-refractivity contribution in [3.05, 3.63) is 135 Å². The number of nitrogens with one attached hydrogen (secondary N) is 1. The number of aliphatic imine (C=N–C) groups is 1. The summed E-state index contributed by atoms with van der Waals surface area (Å²) in [5.74, 6) is 1.28. The second kappa shape index (κ2) is 15.1. The highest BCUT2D eigenvalue weighted by atomic mass is 35.5. The lowest BCUT2D eigenvalue weighted by molar-refractivity contribution is -0.129. The highest BCUT2D eigenvalue weighted by Crippen LogP contribution is 2.45. The average Bonchev–Trinajstić information content (AvgIpc) is 3.45. The summed E-state index contributed by atoms with van der Waals surface area (Å²) in [5, 5.41) is 13.0. The van der Waals surface area contributed by atoms with Crippen molar-refractivity contribution in [3.8, 4) is 11.5 Å². The van der Waals surface area contributed by atoms with E-state index in [1.165, 1.54) is 0 Å². The van der Waals surface area contributed by atoms with E-state index in [2.05, 4.69) is 5.32 Å². The van der Waals surface area contributed by atoms with Gasteiger partial charge in [-0.2, -0.15) is 0 Å². The standard InChI is InChI=1S/C36H34Cl2N2O5/c1-43-32-13-6-5-12-27(32)24-39-35(42)36(20-7-11-25-9-3-2-4-10-25)33(30-19-16-28(37)23-31(30)38)45-34(40-36)26-14-17-29(18-15-26)44-22-8-21-41/h2-7,9-19,23,33,41H,8,20-22,24H2,1H3,(H,39,42)/b11-7+/t33-,36-/m1/s1. The van der Waals surface area contributed by atoms with Crippen LogP contribution >= 0.6 is 23.2 Å². The molecule has 5 rings (SSSR count). The number of benzene rings is 4. The molecule has 0 fully saturated rings. The molecular formula is C36H34Cl2N2O5. The number of aliphatic hydroxyl groups is 1. The van der Waals surface area contributed by atoms with Crippen LogP contribution in [0.5, 0.6) is 11.5 Å². The van der Waals surface area contributed by atoms with Crippen LogP contribution < -0.4 is 14.8 Å². The molecule has 0 radical (unpaired) electrons. The van der Waals surface area contributed by atoms with Crippen LogP contribution in [0, 0.1) is 0 Å². The van der Waals surface area contributed by atoms with Gasteiger partial charge >= 0.3 is 0 Å². The molecule has 0 spiro atoms. The van der Waals surface area contributed by atoms with E-state index >= 15 is 0 Å². The molecule has 2 atom stereocenters. The number of halogens is 2. The minimum absolute atomic E-state index is 0.0529. The zero-order valence-electron chi connectivity index (χ0n) is 24.8. The summed E-state index contributed by atoms with van der Waals surface area (Å²) in [6.07, 6.45) is 3.78. The first-order chi connectivity index (χ1) is 21.9. The molecule has 0 saturated heterocycles. The largest absolute Gasteiger partial charge is 0.496 e. The van der Waals surface area contributed by atoms with Crippen molar-refractivity contribution < 1.29 is 24.1 Å². The summed E-state index contributed by atoms with van der Waals surface area (Å²) in [5.41, 5.74) is 1.65. The number of amides is 1. The Morgan fingerprint density at radius 3 is 2.51 bits per heavy atom. The maximum atomic E-state index is 14.4. The molecule has 7 nitrogen and oxygen atoms in total. The maximum Gasteiger partial charge on any atom is 0.252 e. The Bertz CT molecular complexity index is 1660. The molecule has 2 N–H and O–H groups in total. The van der Waals surface area contributed by atoms with Crippen LogP contribution in [0.3, 0.4) is 0 Å². The fourth-order valence-electron chi connectivity index (χ4n) is 5.12. The van der Waals surface area contributed by atoms with E-state index in [4.69, 9.17) is 47.5 Å². The van der Waals surface area contributed by atoms with Crippen molar-refractivity contribution in [2.24, 2.45) is 4.99 Å². The first-order valence-corrected chi connectivity index (χ1v) is 15.4. The Balaban J connectivity index is 1.55. The molecule has 1 aliphatic rings. The lowest BCUT2D eigenvalue weighted by atomic mass is 9.84. The zero-order valence-corrected chi connectivity index (χ0v) is 26.3. The van der Waals surface area contributed by atoms with Crippen molar-refractivity contribution in [3.63, 3.8) is 0 Å². The van der Waals surface area contributed by atoms with Gasteiger partial charge < -0.3 is 24.6 Å². The molecule has 0 aromatic heterocycles. The Kier molecular flexibility index (Phi) is 10.8. The highest BCUT2D eigenvalue weighted by Gasteiger charge is 2.53. The summed E-state index contributed by atoms with van der Waals surface area (Å²) >= 11 is 13.0. The molecule has 1 heterocycles. The van der Waals surface area contributed by atoms with E-state index in [0.29, 0.717) is 51.6 Å². The first kappa shape index (κ1) is 32.1. The number of ether oxygens (including phenoxy) is 3. The highest BCUT2D eigenvalue weighted by molar-refractivity contribution is 6.35. The zero-order chi connectivity index (χ0) is 31.6. The Morgan fingerprint density at radius 2 is 1.78 bits per heavy atom. The van der Waals surface area contributed by atoms with Crippen LogP contribution in [-0.2, 0) is 16.1 Å². The number of hydrogen-bond donors (Lipinski definition) is 2. The Morgan fingerprint density at radius 1 is 1.02 bits per heavy atom. The molecule has 4 aromatic carbocycles. The molecule has 9 heteroatoms. The first-order valence-electron chi connectivity index (χ1n) is 14.6. The van der Waals surface area contributed by atoms with E-state index in [9.17, 15) is 4.79 Å². The Labute approximate surface area is 273 Å². The van der Waals surface area contributed by atoms with Crippen molar-refractivity contribution in [2.75, 3.05) is 20.3 Å². The summed E-state index contributed by atoms with van der Waals surface area (Å²) in [4.78, 5) is 19.5. The molecule has 1 aliphatic heterocycles. The predicted molar refractivity (Wildman–Crippen MR) is 178 cm³/mol. The fourth-order valence-corrected chi connectivity index (χ4v) is 5.63. The molecule has 1 amide bonds. The van der Waals surface area contributed by atoms with E-state index < -0.39 is 11.6 Å². The van der Waals surface area contributed by atoms with Gasteiger partial charge in [-0.05, 0) is 48.0 Å². The van der Waals surface area contributed by atoms with Gasteiger partial charge in [-0.3, -0.25) is 4.79 Å². The second-order valence-corrected chi connectivity index (χ2v) is 11.3. The van der Waals surface area contributed by atoms with E-state index in [1.807, 2.05) is 78.9 Å². The number of hydrogen-bond acceptors (Lipinski definition) is 6. The number of carbonyl (C=O) groups is 1. The van der Waals surface area contributed by atoms with Gasteiger partial charge in [0.15, 0.2) is 11.6 Å². The molecule has 0 unspecified atom stereocenters. The Hall–Kier alpha value is -4.30. The SMILES string of the molecule is COc1ccccc1CNC(=O)[C@]1(C/C=C/c2ccccc2)N=C(c2ccc(OCCCO)cc2)O[C@@H]1c1ccc(Cl)cc1Cl. The minimum atomic E-state index is -1.42. The molecule has 4 aromatic rings. The third-order valence-corrected chi connectivity index (χ3v) is 8.01. The quantitative estimate of drug-likeness (QED) is 0.148. The van der Waals surface area contributed by atoms with E-state index in [0.717, 1.165) is 11.1 Å². The summed E-state index contributed by atoms with van der Waals surface area (Å²) in [6, 6.07) is 29.8. The number of rotatable bonds is 13. The van der Waals surface area contributed by atoms with Crippen LogP contribution in [-0.4, -0.2) is 42.8 Å². The number of para-hydroxylation sites is 1. The van der Waals surface area contributed by atoms with Gasteiger partial charge in [0, 0.05) is 52.7 Å². The summed E-state index contributed by atoms with van der Waals surface area (Å²) in [7, 11) is 1.60. The molecule has 45 heavy (non-hydrogen) atoms. The third-order valence-electron chi connectivity index (χ3n) is 7.45. The van der Waals surface area contributed by atoms with Gasteiger partial charge in [0.25, 0.3) is 5.91 Å². The van der Waals surface area contributed by atoms with E-state index in [1.54, 1.807) is 37.4 Å². The topological polar surface area (TPSA) is 89.4 Å². The average molecular weight is 646 g/mol. The van der Waals surface area contributed by atoms with Crippen LogP contribution in [0.4, 0.5) is 0 Å². The molecule has 0 aliphatic carbocycles. The monoisotopic (exact) mass is 644 g/mol. The van der Waals surface area contributed by atoms with Crippen LogP contribution in [0.25, 0.3) is 6.08 Å². The van der Waals surface area contributed by atoms with Crippen molar-refractivity contribution >= 4 is 41.1 Å². The lowest BCUT2D eigenvalue weighted by Gasteiger charge is -2.30. The van der Waals surface area contributed by atoms with Gasteiger partial charge in [-0.1, -0.05) is 90.0 Å². The number of aliphatic hydroxyl groups excluding tert-OH is 1. The van der Waals surface area contributed by atoms with Gasteiger partial charge in [-0.15, -0.1) is 0 Å². The third kappa shape index (κ3) is 7.68. The molecular weight excluding hydrogens is 611 g/mol. The molecule has 232 valence electrons. The fraction of sp³-hybridized carbons (Fsp3) is 0.222. The second-order valence-electron chi connectivity index (χ2n) is 10.5. The maximum absolute atomic E-state index is 14.4. The molecule has 0 bridgehead atoms. The van der Waals surface area contributed by atoms with Crippen molar-refractivity contribution in [1.29, 1.82) is 0 Å². The lowest BCUT2D eigenvalue weighted by Crippen LogP contribution is -2.47. The normalized spacial score (nSPS) is 17.5. The van der Waals surface area contributed by atoms with Crippen molar-refractivity contribution in [2.45, 2.75) is 31.0 Å². The van der Waals surface area contributed by atoms with Gasteiger partial charge in [0.05, 0.1) is 13.7 Å². The minimum Gasteiger partial charge on any atom is -0.496 e. The number of methoxy groups -OCH3 is 1. The smallest absolute Gasteiger partial charge is 0.252 e. The summed E-state index contributed by atoms with van der Waals surface area (Å²) in [6.45, 7) is 0.670. The van der Waals surface area contributed by atoms with E-state index in [-0.39, 0.29) is 25.5 Å². The van der Waals surface area contributed by atoms with Crippen molar-refractivity contribution in [1.82, 2.24) is 5.32 Å². The van der Waals surface area contributed by atoms with Gasteiger partial charge in [0.2, 0.25) is 5.90 Å². The van der Waals surface area contributed by atoms with Crippen LogP contribution in [0.2, 0.25) is 10.0 Å². The number of nitrogens with zero attached hydrogens (tertiary/aromatic N) is 1. The number of carbonyl (C=O) groups excluding carboxylic acids is 1. The van der Waals surface area contributed by atoms with Gasteiger partial charge in [-0.25, -0.2) is 4.99 Å². The van der Waals surface area contributed by atoms with Gasteiger partial charge in [0.1, 0.15) is 11.5 Å². The van der Waals surface area contributed by atoms with Crippen LogP contribution in [0.15, 0.2) is 108 Å².